The molecule has 5 rings (SSSR count). The van der Waals surface area contributed by atoms with Gasteiger partial charge in [-0.15, -0.1) is 5.06 Å². The Kier molecular flexibility index (Phi) is 9.53. The molecule has 45 heavy (non-hydrogen) atoms. The van der Waals surface area contributed by atoms with Gasteiger partial charge in [-0.1, -0.05) is 30.3 Å². The number of hydroxylamine groups is 2. The highest BCUT2D eigenvalue weighted by Gasteiger charge is 2.37. The molecule has 0 unspecified atom stereocenters. The fraction of sp³-hybridized carbons (Fsp3) is 0.233. The Morgan fingerprint density at radius 2 is 1.56 bits per heavy atom. The minimum absolute atomic E-state index is 0.00360. The molecule has 0 radical (unpaired) electrons. The second kappa shape index (κ2) is 13.0. The third kappa shape index (κ3) is 7.61. The molecule has 3 aromatic carbocycles. The first kappa shape index (κ1) is 33.0. The first-order valence-corrected chi connectivity index (χ1v) is 14.7. The lowest BCUT2D eigenvalue weighted by Gasteiger charge is -2.12. The number of carbonyl (C=O) groups is 4. The largest absolute Gasteiger partial charge is 0.741 e. The quantitative estimate of drug-likeness (QED) is 0.0577. The second-order valence-electron chi connectivity index (χ2n) is 9.93. The standard InChI is InChI=1S/C29H25N2O6.CHF3O3S/c1-18-7-13-24-22(17-20-5-3-4-6-23(20)30(24)2)28(18)29(35)36-21-11-8-19(9-12-21)10-16-27(34)37-31-25(32)14-15-26(31)33;2-1(3,4)8(5,6)7/h3-9,11-13,17H,10,14-16H2,1-2H3;(H,5,6,7)/q+1;/p-1. The van der Waals surface area contributed by atoms with E-state index in [4.69, 9.17) is 22.5 Å². The molecule has 0 aliphatic carbocycles. The van der Waals surface area contributed by atoms with Crippen LogP contribution < -0.4 is 9.30 Å². The van der Waals surface area contributed by atoms with Crippen molar-refractivity contribution < 1.29 is 59.5 Å². The van der Waals surface area contributed by atoms with Crippen molar-refractivity contribution in [2.24, 2.45) is 7.05 Å². The van der Waals surface area contributed by atoms with Gasteiger partial charge in [-0.3, -0.25) is 9.59 Å². The molecule has 11 nitrogen and oxygen atoms in total. The highest BCUT2D eigenvalue weighted by Crippen LogP contribution is 2.26. The fourth-order valence-electron chi connectivity index (χ4n) is 4.56. The predicted molar refractivity (Wildman–Crippen MR) is 150 cm³/mol. The van der Waals surface area contributed by atoms with Crippen molar-refractivity contribution in [2.45, 2.75) is 38.1 Å². The van der Waals surface area contributed by atoms with Crippen molar-refractivity contribution in [2.75, 3.05) is 0 Å². The summed E-state index contributed by atoms with van der Waals surface area (Å²) in [5.41, 5.74) is -1.51. The van der Waals surface area contributed by atoms with E-state index in [0.29, 0.717) is 22.8 Å². The van der Waals surface area contributed by atoms with Gasteiger partial charge < -0.3 is 14.1 Å². The van der Waals surface area contributed by atoms with Crippen molar-refractivity contribution in [1.82, 2.24) is 5.06 Å². The molecule has 236 valence electrons. The number of benzene rings is 3. The maximum Gasteiger partial charge on any atom is 0.485 e. The van der Waals surface area contributed by atoms with Gasteiger partial charge in [0.2, 0.25) is 11.0 Å². The molecule has 1 aromatic heterocycles. The van der Waals surface area contributed by atoms with Crippen LogP contribution in [-0.4, -0.2) is 47.3 Å². The van der Waals surface area contributed by atoms with E-state index in [1.54, 1.807) is 24.3 Å². The Labute approximate surface area is 254 Å². The molecule has 1 aliphatic heterocycles. The molecular formula is C30H25F3N2O9S. The van der Waals surface area contributed by atoms with Gasteiger partial charge in [-0.2, -0.15) is 17.7 Å². The molecule has 4 aromatic rings. The smallest absolute Gasteiger partial charge is 0.485 e. The van der Waals surface area contributed by atoms with Gasteiger partial charge in [0, 0.05) is 30.4 Å². The average molecular weight is 647 g/mol. The van der Waals surface area contributed by atoms with Crippen LogP contribution in [-0.2, 0) is 42.8 Å². The van der Waals surface area contributed by atoms with Crippen LogP contribution in [0.4, 0.5) is 13.2 Å². The number of halogens is 3. The normalized spacial score (nSPS) is 13.5. The lowest BCUT2D eigenvalue weighted by atomic mass is 10.0. The third-order valence-electron chi connectivity index (χ3n) is 6.83. The number of ether oxygens (including phenoxy) is 1. The van der Waals surface area contributed by atoms with E-state index in [9.17, 15) is 32.3 Å². The van der Waals surface area contributed by atoms with Crippen LogP contribution in [0.3, 0.4) is 0 Å². The number of alkyl halides is 3. The average Bonchev–Trinajstić information content (AvgIpc) is 3.28. The SMILES string of the molecule is Cc1ccc2c(cc3ccccc3[n+]2C)c1C(=O)Oc1ccc(CCC(=O)ON2C(=O)CCC2=O)cc1.O=S(=O)([O-])C(F)(F)F. The number of rotatable bonds is 6. The van der Waals surface area contributed by atoms with Gasteiger partial charge in [-0.05, 0) is 48.7 Å². The summed E-state index contributed by atoms with van der Waals surface area (Å²) >= 11 is 0. The number of aromatic nitrogens is 1. The molecule has 0 atom stereocenters. The van der Waals surface area contributed by atoms with E-state index in [2.05, 4.69) is 4.57 Å². The van der Waals surface area contributed by atoms with Crippen molar-refractivity contribution in [3.8, 4) is 5.75 Å². The van der Waals surface area contributed by atoms with Crippen LogP contribution in [0.2, 0.25) is 0 Å². The van der Waals surface area contributed by atoms with Crippen LogP contribution in [0.15, 0.2) is 66.7 Å². The van der Waals surface area contributed by atoms with Crippen LogP contribution in [0.1, 0.15) is 40.7 Å². The topological polar surface area (TPSA) is 151 Å². The summed E-state index contributed by atoms with van der Waals surface area (Å²) < 4.78 is 66.7. The molecule has 1 aliphatic rings. The molecule has 0 spiro atoms. The zero-order chi connectivity index (χ0) is 33.1. The summed E-state index contributed by atoms with van der Waals surface area (Å²) in [4.78, 5) is 53.3. The van der Waals surface area contributed by atoms with Crippen molar-refractivity contribution in [1.29, 1.82) is 0 Å². The summed E-state index contributed by atoms with van der Waals surface area (Å²) in [5, 5.41) is 2.39. The van der Waals surface area contributed by atoms with Crippen LogP contribution in [0.5, 0.6) is 5.75 Å². The molecule has 0 N–H and O–H groups in total. The number of aryl methyl sites for hydroxylation is 3. The molecule has 2 heterocycles. The molecule has 1 saturated heterocycles. The number of imide groups is 1. The number of hydrogen-bond donors (Lipinski definition) is 0. The zero-order valence-corrected chi connectivity index (χ0v) is 24.6. The lowest BCUT2D eigenvalue weighted by Crippen LogP contribution is -2.32. The van der Waals surface area contributed by atoms with Crippen LogP contribution >= 0.6 is 0 Å². The number of fused-ring (bicyclic) bond motifs is 2. The highest BCUT2D eigenvalue weighted by molar-refractivity contribution is 7.86. The summed E-state index contributed by atoms with van der Waals surface area (Å²) in [5.74, 6) is -1.74. The zero-order valence-electron chi connectivity index (χ0n) is 23.8. The van der Waals surface area contributed by atoms with Crippen molar-refractivity contribution in [3.05, 3.63) is 83.4 Å². The Hall–Kier alpha value is -4.89. The van der Waals surface area contributed by atoms with Crippen molar-refractivity contribution >= 4 is 55.7 Å². The number of pyridine rings is 1. The van der Waals surface area contributed by atoms with E-state index in [0.717, 1.165) is 32.9 Å². The minimum atomic E-state index is -6.09. The Bertz CT molecular complexity index is 1910. The molecule has 0 saturated carbocycles. The van der Waals surface area contributed by atoms with E-state index in [1.165, 1.54) is 0 Å². The Morgan fingerprint density at radius 1 is 0.956 bits per heavy atom. The van der Waals surface area contributed by atoms with Crippen LogP contribution in [0.25, 0.3) is 21.8 Å². The predicted octanol–water partition coefficient (Wildman–Crippen LogP) is 3.94. The Balaban J connectivity index is 0.000000510. The number of hydrogen-bond acceptors (Lipinski definition) is 9. The van der Waals surface area contributed by atoms with E-state index >= 15 is 0 Å². The van der Waals surface area contributed by atoms with E-state index < -0.39 is 39.4 Å². The van der Waals surface area contributed by atoms with Crippen LogP contribution in [0, 0.1) is 6.92 Å². The van der Waals surface area contributed by atoms with E-state index in [1.807, 2.05) is 56.4 Å². The molecule has 15 heteroatoms. The van der Waals surface area contributed by atoms with Crippen molar-refractivity contribution in [3.63, 3.8) is 0 Å². The fourth-order valence-corrected chi connectivity index (χ4v) is 4.56. The Morgan fingerprint density at radius 3 is 2.16 bits per heavy atom. The monoisotopic (exact) mass is 646 g/mol. The van der Waals surface area contributed by atoms with E-state index in [-0.39, 0.29) is 19.3 Å². The maximum absolute atomic E-state index is 13.3. The van der Waals surface area contributed by atoms with Gasteiger partial charge in [0.05, 0.1) is 17.4 Å². The van der Waals surface area contributed by atoms with Gasteiger partial charge in [0.25, 0.3) is 11.8 Å². The highest BCUT2D eigenvalue weighted by atomic mass is 32.2. The number of nitrogens with zero attached hydrogens (tertiary/aromatic N) is 2. The second-order valence-corrected chi connectivity index (χ2v) is 11.3. The number of para-hydroxylation sites is 1. The van der Waals surface area contributed by atoms with Gasteiger partial charge in [0.1, 0.15) is 12.8 Å². The molecule has 1 fully saturated rings. The molecular weight excluding hydrogens is 621 g/mol. The summed E-state index contributed by atoms with van der Waals surface area (Å²) in [6.07, 6.45) is 0.449. The maximum atomic E-state index is 13.3. The first-order chi connectivity index (χ1) is 21.1. The first-order valence-electron chi connectivity index (χ1n) is 13.3. The third-order valence-corrected chi connectivity index (χ3v) is 7.40. The summed E-state index contributed by atoms with van der Waals surface area (Å²) in [7, 11) is -4.11. The molecule has 0 bridgehead atoms. The number of carbonyl (C=O) groups excluding carboxylic acids is 4. The number of esters is 1. The molecule has 2 amide bonds. The van der Waals surface area contributed by atoms with Gasteiger partial charge in [0.15, 0.2) is 10.1 Å². The summed E-state index contributed by atoms with van der Waals surface area (Å²) in [6, 6.07) is 20.8. The van der Waals surface area contributed by atoms with Gasteiger partial charge >= 0.3 is 17.4 Å². The number of amides is 2. The summed E-state index contributed by atoms with van der Waals surface area (Å²) in [6.45, 7) is 1.89. The lowest BCUT2D eigenvalue weighted by molar-refractivity contribution is -0.617. The van der Waals surface area contributed by atoms with Gasteiger partial charge in [-0.25, -0.2) is 18.0 Å². The minimum Gasteiger partial charge on any atom is -0.741 e.